The highest BCUT2D eigenvalue weighted by molar-refractivity contribution is 5.73. The Bertz CT molecular complexity index is 519. The molecule has 7 heteroatoms. The highest BCUT2D eigenvalue weighted by atomic mass is 16.6. The van der Waals surface area contributed by atoms with Crippen molar-refractivity contribution in [2.45, 2.75) is 70.1 Å². The maximum atomic E-state index is 12.0. The van der Waals surface area contributed by atoms with E-state index in [-0.39, 0.29) is 12.0 Å². The Kier molecular flexibility index (Phi) is 6.07. The zero-order valence-corrected chi connectivity index (χ0v) is 16.2. The molecule has 3 fully saturated rings. The summed E-state index contributed by atoms with van der Waals surface area (Å²) in [5, 5.41) is 11.1. The number of amides is 2. The fraction of sp³-hybridized carbons (Fsp3) is 0.895. The minimum Gasteiger partial charge on any atom is -0.450 e. The van der Waals surface area contributed by atoms with Gasteiger partial charge < -0.3 is 19.6 Å². The normalized spacial score (nSPS) is 29.2. The number of carbonyl (C=O) groups is 2. The molecule has 0 saturated carbocycles. The van der Waals surface area contributed by atoms with Crippen LogP contribution in [0.3, 0.4) is 0 Å². The summed E-state index contributed by atoms with van der Waals surface area (Å²) < 4.78 is 5.06. The van der Waals surface area contributed by atoms with Crippen molar-refractivity contribution in [2.75, 3.05) is 39.3 Å². The number of fused-ring (bicyclic) bond motifs is 1. The molecule has 0 aliphatic carbocycles. The quantitative estimate of drug-likeness (QED) is 0.817. The highest BCUT2D eigenvalue weighted by Gasteiger charge is 2.44. The van der Waals surface area contributed by atoms with Crippen molar-refractivity contribution in [2.24, 2.45) is 0 Å². The van der Waals surface area contributed by atoms with Gasteiger partial charge in [0.05, 0.1) is 12.2 Å². The van der Waals surface area contributed by atoms with E-state index in [1.807, 2.05) is 4.90 Å². The standard InChI is InChI=1S/C19H33N3O4/c1-3-26-18(24)20-12-8-19(25,9-13-20)14-21-11-7-17-16(21)6-4-5-10-22(17)15(2)23/h16-17,25H,3-14H2,1-2H3/t16-,17-/m0/s1. The number of aliphatic hydroxyl groups is 1. The first-order valence-electron chi connectivity index (χ1n) is 10.1. The van der Waals surface area contributed by atoms with Crippen molar-refractivity contribution < 1.29 is 19.4 Å². The fourth-order valence-corrected chi connectivity index (χ4v) is 4.88. The van der Waals surface area contributed by atoms with Crippen molar-refractivity contribution in [1.82, 2.24) is 14.7 Å². The molecule has 3 heterocycles. The Morgan fingerprint density at radius 3 is 2.46 bits per heavy atom. The number of hydrogen-bond donors (Lipinski definition) is 1. The van der Waals surface area contributed by atoms with Crippen LogP contribution in [0.1, 0.15) is 52.4 Å². The van der Waals surface area contributed by atoms with Gasteiger partial charge in [0.1, 0.15) is 0 Å². The van der Waals surface area contributed by atoms with Gasteiger partial charge in [0.2, 0.25) is 5.91 Å². The van der Waals surface area contributed by atoms with Gasteiger partial charge in [0.25, 0.3) is 0 Å². The molecule has 26 heavy (non-hydrogen) atoms. The summed E-state index contributed by atoms with van der Waals surface area (Å²) in [4.78, 5) is 30.0. The van der Waals surface area contributed by atoms with Crippen LogP contribution in [0.15, 0.2) is 0 Å². The topological polar surface area (TPSA) is 73.3 Å². The summed E-state index contributed by atoms with van der Waals surface area (Å²) in [6.45, 7) is 7.36. The number of ether oxygens (including phenoxy) is 1. The molecule has 2 amide bonds. The van der Waals surface area contributed by atoms with E-state index in [0.29, 0.717) is 51.2 Å². The molecule has 0 bridgehead atoms. The van der Waals surface area contributed by atoms with Crippen LogP contribution in [0.4, 0.5) is 4.79 Å². The van der Waals surface area contributed by atoms with E-state index in [9.17, 15) is 14.7 Å². The molecule has 0 aromatic carbocycles. The van der Waals surface area contributed by atoms with Crippen LogP contribution in [0.5, 0.6) is 0 Å². The molecular weight excluding hydrogens is 334 g/mol. The third-order valence-corrected chi connectivity index (χ3v) is 6.30. The SMILES string of the molecule is CCOC(=O)N1CCC(O)(CN2CC[C@H]3[C@@H]2CCCCN3C(C)=O)CC1. The minimum atomic E-state index is -0.759. The second-order valence-electron chi connectivity index (χ2n) is 8.01. The summed E-state index contributed by atoms with van der Waals surface area (Å²) in [5.41, 5.74) is -0.759. The average molecular weight is 367 g/mol. The molecule has 0 aromatic rings. The molecule has 0 unspecified atom stereocenters. The number of likely N-dealkylation sites (tertiary alicyclic amines) is 3. The molecule has 7 nitrogen and oxygen atoms in total. The Morgan fingerprint density at radius 1 is 1.08 bits per heavy atom. The number of nitrogens with zero attached hydrogens (tertiary/aromatic N) is 3. The lowest BCUT2D eigenvalue weighted by molar-refractivity contribution is -0.131. The molecule has 3 saturated heterocycles. The first-order chi connectivity index (χ1) is 12.4. The van der Waals surface area contributed by atoms with E-state index >= 15 is 0 Å². The second-order valence-corrected chi connectivity index (χ2v) is 8.01. The third-order valence-electron chi connectivity index (χ3n) is 6.30. The molecule has 0 radical (unpaired) electrons. The van der Waals surface area contributed by atoms with Gasteiger partial charge in [-0.1, -0.05) is 6.42 Å². The average Bonchev–Trinajstić information content (AvgIpc) is 2.85. The maximum Gasteiger partial charge on any atom is 0.409 e. The molecular formula is C19H33N3O4. The second kappa shape index (κ2) is 8.13. The summed E-state index contributed by atoms with van der Waals surface area (Å²) in [5.74, 6) is 0.171. The zero-order valence-electron chi connectivity index (χ0n) is 16.2. The van der Waals surface area contributed by atoms with Gasteiger partial charge in [-0.25, -0.2) is 4.79 Å². The number of hydrogen-bond acceptors (Lipinski definition) is 5. The highest BCUT2D eigenvalue weighted by Crippen LogP contribution is 2.33. The van der Waals surface area contributed by atoms with Crippen molar-refractivity contribution in [3.63, 3.8) is 0 Å². The smallest absolute Gasteiger partial charge is 0.409 e. The van der Waals surface area contributed by atoms with Crippen molar-refractivity contribution in [3.05, 3.63) is 0 Å². The van der Waals surface area contributed by atoms with E-state index < -0.39 is 5.60 Å². The largest absolute Gasteiger partial charge is 0.450 e. The number of piperidine rings is 1. The maximum absolute atomic E-state index is 12.0. The predicted octanol–water partition coefficient (Wildman–Crippen LogP) is 1.45. The van der Waals surface area contributed by atoms with E-state index in [4.69, 9.17) is 4.74 Å². The molecule has 3 aliphatic heterocycles. The van der Waals surface area contributed by atoms with Crippen LogP contribution in [0.25, 0.3) is 0 Å². The molecule has 148 valence electrons. The zero-order chi connectivity index (χ0) is 18.7. The predicted molar refractivity (Wildman–Crippen MR) is 97.8 cm³/mol. The van der Waals surface area contributed by atoms with Gasteiger partial charge >= 0.3 is 6.09 Å². The molecule has 1 N–H and O–H groups in total. The lowest BCUT2D eigenvalue weighted by Crippen LogP contribution is -2.54. The van der Waals surface area contributed by atoms with Crippen LogP contribution >= 0.6 is 0 Å². The van der Waals surface area contributed by atoms with Gasteiger partial charge in [0, 0.05) is 51.7 Å². The Morgan fingerprint density at radius 2 is 1.81 bits per heavy atom. The number of carbonyl (C=O) groups excluding carboxylic acids is 2. The number of rotatable bonds is 3. The van der Waals surface area contributed by atoms with Crippen molar-refractivity contribution in [1.29, 1.82) is 0 Å². The number of β-amino-alcohol motifs (C(OH)–C–C–N with tert-alkyl or cyclic N) is 1. The summed E-state index contributed by atoms with van der Waals surface area (Å²) in [6.07, 6.45) is 5.17. The minimum absolute atomic E-state index is 0.171. The van der Waals surface area contributed by atoms with Gasteiger partial charge in [0.15, 0.2) is 0 Å². The van der Waals surface area contributed by atoms with Crippen LogP contribution in [0.2, 0.25) is 0 Å². The van der Waals surface area contributed by atoms with E-state index in [2.05, 4.69) is 4.90 Å². The van der Waals surface area contributed by atoms with Crippen LogP contribution < -0.4 is 0 Å². The summed E-state index contributed by atoms with van der Waals surface area (Å²) in [6, 6.07) is 0.645. The van der Waals surface area contributed by atoms with Gasteiger partial charge in [-0.2, -0.15) is 0 Å². The third kappa shape index (κ3) is 4.14. The van der Waals surface area contributed by atoms with Gasteiger partial charge in [-0.3, -0.25) is 9.69 Å². The summed E-state index contributed by atoms with van der Waals surface area (Å²) >= 11 is 0. The molecule has 3 aliphatic rings. The Labute approximate surface area is 156 Å². The van der Waals surface area contributed by atoms with Gasteiger partial charge in [-0.05, 0) is 39.0 Å². The van der Waals surface area contributed by atoms with Gasteiger partial charge in [-0.15, -0.1) is 0 Å². The molecule has 3 rings (SSSR count). The van der Waals surface area contributed by atoms with E-state index in [1.54, 1.807) is 18.7 Å². The first kappa shape index (κ1) is 19.4. The monoisotopic (exact) mass is 367 g/mol. The first-order valence-corrected chi connectivity index (χ1v) is 10.1. The van der Waals surface area contributed by atoms with Crippen molar-refractivity contribution >= 4 is 12.0 Å². The van der Waals surface area contributed by atoms with Crippen LogP contribution in [-0.4, -0.2) is 88.8 Å². The van der Waals surface area contributed by atoms with E-state index in [0.717, 1.165) is 38.8 Å². The fourth-order valence-electron chi connectivity index (χ4n) is 4.88. The summed E-state index contributed by atoms with van der Waals surface area (Å²) in [7, 11) is 0. The molecule has 2 atom stereocenters. The van der Waals surface area contributed by atoms with Crippen LogP contribution in [-0.2, 0) is 9.53 Å². The molecule has 0 spiro atoms. The Balaban J connectivity index is 1.59. The molecule has 0 aromatic heterocycles. The lowest BCUT2D eigenvalue weighted by atomic mass is 9.90. The lowest BCUT2D eigenvalue weighted by Gasteiger charge is -2.41. The van der Waals surface area contributed by atoms with Crippen molar-refractivity contribution in [3.8, 4) is 0 Å². The van der Waals surface area contributed by atoms with E-state index in [1.165, 1.54) is 0 Å². The van der Waals surface area contributed by atoms with Crippen LogP contribution in [0, 0.1) is 0 Å². The Hall–Kier alpha value is -1.34.